The van der Waals surface area contributed by atoms with Gasteiger partial charge in [-0.05, 0) is 42.0 Å². The van der Waals surface area contributed by atoms with Crippen LogP contribution < -0.4 is 0 Å². The van der Waals surface area contributed by atoms with E-state index in [0.29, 0.717) is 11.6 Å². The fourth-order valence-corrected chi connectivity index (χ4v) is 3.22. The van der Waals surface area contributed by atoms with Crippen molar-refractivity contribution in [3.63, 3.8) is 0 Å². The van der Waals surface area contributed by atoms with E-state index in [0.717, 1.165) is 11.3 Å². The minimum Gasteiger partial charge on any atom is -0.462 e. The van der Waals surface area contributed by atoms with Gasteiger partial charge in [0.05, 0.1) is 5.69 Å². The smallest absolute Gasteiger partial charge is 0.319 e. The topological polar surface area (TPSA) is 69.9 Å². The van der Waals surface area contributed by atoms with Gasteiger partial charge in [0.1, 0.15) is 11.4 Å². The van der Waals surface area contributed by atoms with E-state index in [2.05, 4.69) is 15.5 Å². The van der Waals surface area contributed by atoms with Crippen LogP contribution in [0.5, 0.6) is 0 Å². The zero-order chi connectivity index (χ0) is 14.1. The molecule has 2 aromatic rings. The third-order valence-electron chi connectivity index (χ3n) is 3.06. The lowest BCUT2D eigenvalue weighted by Gasteiger charge is -2.06. The molecule has 0 unspecified atom stereocenters. The van der Waals surface area contributed by atoms with Crippen molar-refractivity contribution in [1.82, 2.24) is 20.2 Å². The van der Waals surface area contributed by atoms with Gasteiger partial charge in [-0.3, -0.25) is 4.79 Å². The van der Waals surface area contributed by atoms with Crippen molar-refractivity contribution in [3.8, 4) is 5.69 Å². The third kappa shape index (κ3) is 2.53. The molecule has 0 bridgehead atoms. The number of thioether (sulfide) groups is 1. The molecule has 1 aromatic heterocycles. The summed E-state index contributed by atoms with van der Waals surface area (Å²) in [5.74, 6) is -0.193. The lowest BCUT2D eigenvalue weighted by molar-refractivity contribution is -0.140. The maximum Gasteiger partial charge on any atom is 0.319 e. The standard InChI is InChI=1S/C13H14N4O2S/c1-8-4-3-5-10(6-8)17-13(14-15-16-17)20-11-7-9(2)19-12(11)18/h3-6,9,11H,7H2,1-2H3/t9-,11-/m0/s1. The van der Waals surface area contributed by atoms with Gasteiger partial charge in [0, 0.05) is 6.42 Å². The van der Waals surface area contributed by atoms with Gasteiger partial charge in [-0.15, -0.1) is 5.10 Å². The number of ether oxygens (including phenoxy) is 1. The van der Waals surface area contributed by atoms with Crippen molar-refractivity contribution in [2.45, 2.75) is 36.8 Å². The number of nitrogens with zero attached hydrogens (tertiary/aromatic N) is 4. The van der Waals surface area contributed by atoms with Crippen molar-refractivity contribution in [1.29, 1.82) is 0 Å². The Morgan fingerprint density at radius 1 is 1.45 bits per heavy atom. The number of benzene rings is 1. The van der Waals surface area contributed by atoms with Gasteiger partial charge >= 0.3 is 5.97 Å². The summed E-state index contributed by atoms with van der Waals surface area (Å²) in [5.41, 5.74) is 2.01. The largest absolute Gasteiger partial charge is 0.462 e. The summed E-state index contributed by atoms with van der Waals surface area (Å²) in [6, 6.07) is 7.89. The van der Waals surface area contributed by atoms with Crippen molar-refractivity contribution in [3.05, 3.63) is 29.8 Å². The molecule has 2 atom stereocenters. The Kier molecular flexibility index (Phi) is 3.43. The molecule has 1 aliphatic rings. The van der Waals surface area contributed by atoms with Crippen LogP contribution in [0.1, 0.15) is 18.9 Å². The Morgan fingerprint density at radius 2 is 2.30 bits per heavy atom. The molecule has 20 heavy (non-hydrogen) atoms. The third-order valence-corrected chi connectivity index (χ3v) is 4.20. The molecule has 0 aliphatic carbocycles. The molecule has 6 nitrogen and oxygen atoms in total. The van der Waals surface area contributed by atoms with Crippen LogP contribution in [0.15, 0.2) is 29.4 Å². The Morgan fingerprint density at radius 3 is 3.00 bits per heavy atom. The van der Waals surface area contributed by atoms with E-state index >= 15 is 0 Å². The Labute approximate surface area is 120 Å². The number of hydrogen-bond acceptors (Lipinski definition) is 6. The molecule has 1 aliphatic heterocycles. The van der Waals surface area contributed by atoms with E-state index in [1.807, 2.05) is 38.1 Å². The van der Waals surface area contributed by atoms with E-state index in [9.17, 15) is 4.79 Å². The second-order valence-electron chi connectivity index (χ2n) is 4.80. The summed E-state index contributed by atoms with van der Waals surface area (Å²) in [7, 11) is 0. The van der Waals surface area contributed by atoms with Gasteiger partial charge in [0.25, 0.3) is 0 Å². The van der Waals surface area contributed by atoms with E-state index in [1.165, 1.54) is 11.8 Å². The normalized spacial score (nSPS) is 22.0. The van der Waals surface area contributed by atoms with Crippen LogP contribution in [0.4, 0.5) is 0 Å². The molecule has 1 fully saturated rings. The maximum absolute atomic E-state index is 11.7. The molecule has 1 aromatic carbocycles. The number of tetrazole rings is 1. The van der Waals surface area contributed by atoms with Gasteiger partial charge in [-0.25, -0.2) is 0 Å². The predicted octanol–water partition coefficient (Wildman–Crippen LogP) is 1.77. The molecule has 0 amide bonds. The fraction of sp³-hybridized carbons (Fsp3) is 0.385. The number of hydrogen-bond donors (Lipinski definition) is 0. The summed E-state index contributed by atoms with van der Waals surface area (Å²) in [6.45, 7) is 3.90. The first-order valence-corrected chi connectivity index (χ1v) is 7.24. The summed E-state index contributed by atoms with van der Waals surface area (Å²) in [6.07, 6.45) is 0.646. The lowest BCUT2D eigenvalue weighted by atomic mass is 10.2. The van der Waals surface area contributed by atoms with E-state index in [1.54, 1.807) is 4.68 Å². The number of rotatable bonds is 3. The minimum absolute atomic E-state index is 0.0386. The summed E-state index contributed by atoms with van der Waals surface area (Å²) >= 11 is 1.35. The Hall–Kier alpha value is -1.89. The molecular weight excluding hydrogens is 276 g/mol. The van der Waals surface area contributed by atoms with E-state index in [4.69, 9.17) is 4.74 Å². The molecule has 0 spiro atoms. The van der Waals surface area contributed by atoms with Crippen LogP contribution in [0.3, 0.4) is 0 Å². The quantitative estimate of drug-likeness (QED) is 0.802. The van der Waals surface area contributed by atoms with E-state index < -0.39 is 0 Å². The number of aromatic nitrogens is 4. The average molecular weight is 290 g/mol. The van der Waals surface area contributed by atoms with Crippen molar-refractivity contribution >= 4 is 17.7 Å². The summed E-state index contributed by atoms with van der Waals surface area (Å²) < 4.78 is 6.80. The first-order valence-electron chi connectivity index (χ1n) is 6.36. The SMILES string of the molecule is Cc1cccc(-n2nnnc2S[C@H]2C[C@H](C)OC2=O)c1. The Bertz CT molecular complexity index is 643. The predicted molar refractivity (Wildman–Crippen MR) is 73.7 cm³/mol. The molecule has 2 heterocycles. The fourth-order valence-electron chi connectivity index (χ4n) is 2.12. The van der Waals surface area contributed by atoms with Gasteiger partial charge in [-0.1, -0.05) is 23.9 Å². The molecule has 0 radical (unpaired) electrons. The van der Waals surface area contributed by atoms with Crippen LogP contribution in [-0.4, -0.2) is 37.5 Å². The second kappa shape index (κ2) is 5.24. The van der Waals surface area contributed by atoms with Gasteiger partial charge in [0.15, 0.2) is 0 Å². The molecule has 1 saturated heterocycles. The summed E-state index contributed by atoms with van der Waals surface area (Å²) in [5, 5.41) is 12.1. The van der Waals surface area contributed by atoms with Crippen LogP contribution in [0, 0.1) is 6.92 Å². The molecule has 7 heteroatoms. The first-order chi connectivity index (χ1) is 9.63. The highest BCUT2D eigenvalue weighted by molar-refractivity contribution is 8.00. The monoisotopic (exact) mass is 290 g/mol. The van der Waals surface area contributed by atoms with Crippen LogP contribution in [0.25, 0.3) is 5.69 Å². The van der Waals surface area contributed by atoms with E-state index in [-0.39, 0.29) is 17.3 Å². The highest BCUT2D eigenvalue weighted by Gasteiger charge is 2.34. The average Bonchev–Trinajstić information content (AvgIpc) is 2.97. The highest BCUT2D eigenvalue weighted by Crippen LogP contribution is 2.31. The Balaban J connectivity index is 1.86. The van der Waals surface area contributed by atoms with Crippen LogP contribution in [0.2, 0.25) is 0 Å². The number of carbonyl (C=O) groups is 1. The summed E-state index contributed by atoms with van der Waals surface area (Å²) in [4.78, 5) is 11.7. The number of esters is 1. The molecule has 104 valence electrons. The van der Waals surface area contributed by atoms with Gasteiger partial charge < -0.3 is 4.74 Å². The first kappa shape index (κ1) is 13.1. The molecular formula is C13H14N4O2S. The lowest BCUT2D eigenvalue weighted by Crippen LogP contribution is -2.11. The van der Waals surface area contributed by atoms with Crippen LogP contribution in [-0.2, 0) is 9.53 Å². The van der Waals surface area contributed by atoms with Gasteiger partial charge in [0.2, 0.25) is 5.16 Å². The second-order valence-corrected chi connectivity index (χ2v) is 5.97. The molecule has 0 saturated carbocycles. The van der Waals surface area contributed by atoms with Crippen molar-refractivity contribution in [2.24, 2.45) is 0 Å². The van der Waals surface area contributed by atoms with Gasteiger partial charge in [-0.2, -0.15) is 4.68 Å². The number of cyclic esters (lactones) is 1. The highest BCUT2D eigenvalue weighted by atomic mass is 32.2. The minimum atomic E-state index is -0.237. The van der Waals surface area contributed by atoms with Crippen LogP contribution >= 0.6 is 11.8 Å². The maximum atomic E-state index is 11.7. The molecule has 3 rings (SSSR count). The zero-order valence-electron chi connectivity index (χ0n) is 11.2. The van der Waals surface area contributed by atoms with Crippen molar-refractivity contribution in [2.75, 3.05) is 0 Å². The zero-order valence-corrected chi connectivity index (χ0v) is 12.0. The molecule has 0 N–H and O–H groups in total. The number of carbonyl (C=O) groups excluding carboxylic acids is 1. The number of aryl methyl sites for hydroxylation is 1. The van der Waals surface area contributed by atoms with Crippen molar-refractivity contribution < 1.29 is 9.53 Å².